The molecule has 0 amide bonds. The summed E-state index contributed by atoms with van der Waals surface area (Å²) >= 11 is 0. The maximum absolute atomic E-state index is 13.2. The van der Waals surface area contributed by atoms with Gasteiger partial charge in [-0.2, -0.15) is 0 Å². The molecule has 1 rings (SSSR count). The fourth-order valence-electron chi connectivity index (χ4n) is 1.14. The molecule has 0 saturated heterocycles. The van der Waals surface area contributed by atoms with Gasteiger partial charge in [0.2, 0.25) is 0 Å². The highest BCUT2D eigenvalue weighted by Crippen LogP contribution is 2.21. The average molecular weight is 185 g/mol. The lowest BCUT2D eigenvalue weighted by Crippen LogP contribution is -2.02. The Morgan fingerprint density at radius 3 is 2.69 bits per heavy atom. The monoisotopic (exact) mass is 185 g/mol. The maximum Gasteiger partial charge on any atom is 0.132 e. The zero-order chi connectivity index (χ0) is 9.84. The molecule has 0 atom stereocenters. The summed E-state index contributed by atoms with van der Waals surface area (Å²) < 4.78 is 18.1. The fraction of sp³-hybridized carbons (Fsp3) is 0.333. The molecule has 1 aromatic carbocycles. The van der Waals surface area contributed by atoms with Gasteiger partial charge in [-0.1, -0.05) is 0 Å². The minimum absolute atomic E-state index is 0.0661. The van der Waals surface area contributed by atoms with Gasteiger partial charge < -0.3 is 4.74 Å². The van der Waals surface area contributed by atoms with Crippen LogP contribution in [-0.4, -0.2) is 7.11 Å². The molecule has 3 nitrogen and oxygen atoms in total. The van der Waals surface area contributed by atoms with Gasteiger partial charge >= 0.3 is 0 Å². The molecule has 72 valence electrons. The molecule has 0 unspecified atom stereocenters. The van der Waals surface area contributed by atoms with Crippen molar-refractivity contribution in [2.75, 3.05) is 7.11 Å². The maximum atomic E-state index is 13.2. The van der Waals surface area contributed by atoms with E-state index in [-0.39, 0.29) is 12.4 Å². The third-order valence-electron chi connectivity index (χ3n) is 1.80. The SMILES string of the molecule is COc1cc(F)c(CON)cc1C. The van der Waals surface area contributed by atoms with E-state index in [4.69, 9.17) is 10.6 Å². The minimum Gasteiger partial charge on any atom is -0.496 e. The summed E-state index contributed by atoms with van der Waals surface area (Å²) in [7, 11) is 1.50. The van der Waals surface area contributed by atoms with Gasteiger partial charge in [-0.3, -0.25) is 4.84 Å². The normalized spacial score (nSPS) is 10.2. The Labute approximate surface area is 76.2 Å². The molecule has 0 aliphatic carbocycles. The summed E-state index contributed by atoms with van der Waals surface area (Å²) in [5.74, 6) is 5.01. The second-order valence-corrected chi connectivity index (χ2v) is 2.72. The molecule has 0 aliphatic rings. The Morgan fingerprint density at radius 2 is 2.15 bits per heavy atom. The lowest BCUT2D eigenvalue weighted by Gasteiger charge is -2.07. The van der Waals surface area contributed by atoms with E-state index in [1.54, 1.807) is 6.07 Å². The summed E-state index contributed by atoms with van der Waals surface area (Å²) in [6.45, 7) is 1.90. The predicted molar refractivity (Wildman–Crippen MR) is 46.7 cm³/mol. The van der Waals surface area contributed by atoms with Gasteiger partial charge in [-0.05, 0) is 18.6 Å². The Kier molecular flexibility index (Phi) is 3.22. The van der Waals surface area contributed by atoms with Gasteiger partial charge in [0.05, 0.1) is 13.7 Å². The van der Waals surface area contributed by atoms with Crippen LogP contribution in [0.15, 0.2) is 12.1 Å². The van der Waals surface area contributed by atoms with Crippen molar-refractivity contribution in [2.24, 2.45) is 5.90 Å². The first-order valence-corrected chi connectivity index (χ1v) is 3.83. The third-order valence-corrected chi connectivity index (χ3v) is 1.80. The third kappa shape index (κ3) is 2.17. The van der Waals surface area contributed by atoms with Gasteiger partial charge in [-0.25, -0.2) is 10.3 Å². The number of ether oxygens (including phenoxy) is 1. The van der Waals surface area contributed by atoms with E-state index in [9.17, 15) is 4.39 Å². The second-order valence-electron chi connectivity index (χ2n) is 2.72. The molecule has 0 saturated carbocycles. The van der Waals surface area contributed by atoms with Crippen LogP contribution in [0.4, 0.5) is 4.39 Å². The van der Waals surface area contributed by atoms with Crippen molar-refractivity contribution in [1.82, 2.24) is 0 Å². The molecule has 0 fully saturated rings. The van der Waals surface area contributed by atoms with Crippen molar-refractivity contribution >= 4 is 0 Å². The van der Waals surface area contributed by atoms with Gasteiger partial charge in [0.25, 0.3) is 0 Å². The first kappa shape index (κ1) is 9.95. The average Bonchev–Trinajstić information content (AvgIpc) is 2.11. The summed E-state index contributed by atoms with van der Waals surface area (Å²) in [6.07, 6.45) is 0. The van der Waals surface area contributed by atoms with E-state index >= 15 is 0 Å². The molecule has 4 heteroatoms. The number of halogens is 1. The molecule has 0 aliphatic heterocycles. The minimum atomic E-state index is -0.368. The number of methoxy groups -OCH3 is 1. The summed E-state index contributed by atoms with van der Waals surface area (Å²) in [6, 6.07) is 2.98. The van der Waals surface area contributed by atoms with E-state index in [0.29, 0.717) is 11.3 Å². The largest absolute Gasteiger partial charge is 0.496 e. The number of rotatable bonds is 3. The summed E-state index contributed by atoms with van der Waals surface area (Å²) in [4.78, 5) is 4.36. The van der Waals surface area contributed by atoms with Gasteiger partial charge in [0.1, 0.15) is 11.6 Å². The Morgan fingerprint density at radius 1 is 1.46 bits per heavy atom. The van der Waals surface area contributed by atoms with E-state index in [2.05, 4.69) is 4.84 Å². The van der Waals surface area contributed by atoms with E-state index in [0.717, 1.165) is 5.56 Å². The Balaban J connectivity index is 3.05. The highest BCUT2D eigenvalue weighted by molar-refractivity contribution is 5.37. The number of hydrogen-bond acceptors (Lipinski definition) is 3. The highest BCUT2D eigenvalue weighted by Gasteiger charge is 2.06. The van der Waals surface area contributed by atoms with E-state index in [1.807, 2.05) is 6.92 Å². The zero-order valence-corrected chi connectivity index (χ0v) is 7.63. The molecule has 0 radical (unpaired) electrons. The molecule has 0 spiro atoms. The van der Waals surface area contributed by atoms with Crippen LogP contribution >= 0.6 is 0 Å². The lowest BCUT2D eigenvalue weighted by molar-refractivity contribution is 0.121. The van der Waals surface area contributed by atoms with E-state index in [1.165, 1.54) is 13.2 Å². The quantitative estimate of drug-likeness (QED) is 0.726. The first-order chi connectivity index (χ1) is 6.19. The van der Waals surface area contributed by atoms with Crippen LogP contribution in [0.5, 0.6) is 5.75 Å². The standard InChI is InChI=1S/C9H12FNO2/c1-6-3-7(5-13-11)8(10)4-9(6)12-2/h3-4H,5,11H2,1-2H3. The zero-order valence-electron chi connectivity index (χ0n) is 7.63. The topological polar surface area (TPSA) is 44.5 Å². The molecular weight excluding hydrogens is 173 g/mol. The Bertz CT molecular complexity index is 302. The molecule has 0 aromatic heterocycles. The smallest absolute Gasteiger partial charge is 0.132 e. The van der Waals surface area contributed by atoms with Gasteiger partial charge in [-0.15, -0.1) is 0 Å². The van der Waals surface area contributed by atoms with Crippen molar-refractivity contribution in [3.63, 3.8) is 0 Å². The first-order valence-electron chi connectivity index (χ1n) is 3.83. The van der Waals surface area contributed by atoms with Crippen LogP contribution in [0.3, 0.4) is 0 Å². The van der Waals surface area contributed by atoms with Crippen LogP contribution < -0.4 is 10.6 Å². The second kappa shape index (κ2) is 4.20. The summed E-state index contributed by atoms with van der Waals surface area (Å²) in [5, 5.41) is 0. The molecule has 13 heavy (non-hydrogen) atoms. The van der Waals surface area contributed by atoms with Crippen molar-refractivity contribution in [2.45, 2.75) is 13.5 Å². The van der Waals surface area contributed by atoms with Crippen molar-refractivity contribution in [3.8, 4) is 5.75 Å². The van der Waals surface area contributed by atoms with Crippen LogP contribution in [0.25, 0.3) is 0 Å². The van der Waals surface area contributed by atoms with Crippen LogP contribution in [0, 0.1) is 12.7 Å². The number of benzene rings is 1. The van der Waals surface area contributed by atoms with Crippen molar-refractivity contribution in [1.29, 1.82) is 0 Å². The highest BCUT2D eigenvalue weighted by atomic mass is 19.1. The van der Waals surface area contributed by atoms with Crippen molar-refractivity contribution < 1.29 is 14.0 Å². The van der Waals surface area contributed by atoms with Crippen molar-refractivity contribution in [3.05, 3.63) is 29.1 Å². The number of hydrogen-bond donors (Lipinski definition) is 1. The van der Waals surface area contributed by atoms with Gasteiger partial charge in [0, 0.05) is 11.6 Å². The molecule has 2 N–H and O–H groups in total. The fourth-order valence-corrected chi connectivity index (χ4v) is 1.14. The molecular formula is C9H12FNO2. The Hall–Kier alpha value is -1.13. The predicted octanol–water partition coefficient (Wildman–Crippen LogP) is 1.53. The molecule has 0 bridgehead atoms. The molecule has 0 heterocycles. The van der Waals surface area contributed by atoms with Crippen LogP contribution in [-0.2, 0) is 11.4 Å². The molecule has 1 aromatic rings. The van der Waals surface area contributed by atoms with Gasteiger partial charge in [0.15, 0.2) is 0 Å². The lowest BCUT2D eigenvalue weighted by atomic mass is 10.1. The van der Waals surface area contributed by atoms with Crippen LogP contribution in [0.2, 0.25) is 0 Å². The summed E-state index contributed by atoms with van der Waals surface area (Å²) in [5.41, 5.74) is 1.29. The number of aryl methyl sites for hydroxylation is 1. The number of nitrogens with two attached hydrogens (primary N) is 1. The van der Waals surface area contributed by atoms with E-state index < -0.39 is 0 Å². The van der Waals surface area contributed by atoms with Crippen LogP contribution in [0.1, 0.15) is 11.1 Å².